The number of carbonyl (C=O) groups is 3. The molecule has 0 unspecified atom stereocenters. The summed E-state index contributed by atoms with van der Waals surface area (Å²) in [5.74, 6) is -1.07. The summed E-state index contributed by atoms with van der Waals surface area (Å²) in [6.45, 7) is 4.76. The summed E-state index contributed by atoms with van der Waals surface area (Å²) in [4.78, 5) is 38.0. The third-order valence-corrected chi connectivity index (χ3v) is 5.02. The molecule has 0 aliphatic carbocycles. The van der Waals surface area contributed by atoms with Crippen LogP contribution in [0, 0.1) is 5.82 Å². The molecular weight excluding hydrogens is 399 g/mol. The first kappa shape index (κ1) is 23.1. The molecular formula is C20H28ClFN4O3. The van der Waals surface area contributed by atoms with Crippen LogP contribution in [0.5, 0.6) is 0 Å². The highest BCUT2D eigenvalue weighted by atomic mass is 35.5. The van der Waals surface area contributed by atoms with Gasteiger partial charge in [0, 0.05) is 38.6 Å². The van der Waals surface area contributed by atoms with Crippen molar-refractivity contribution in [2.75, 3.05) is 32.7 Å². The predicted octanol–water partition coefficient (Wildman–Crippen LogP) is 1.71. The standard InChI is InChI=1S/C20H28ClFN4O3/c1-2-8-23-19(28)13-26-10-6-15(7-11-26)25-18(27)5-9-24-20(29)16-4-3-14(22)12-17(16)21/h3-4,12,15H,2,5-11,13H2,1H3,(H,23,28)(H,24,29)(H,25,27). The van der Waals surface area contributed by atoms with Crippen LogP contribution in [0.25, 0.3) is 0 Å². The number of piperidine rings is 1. The summed E-state index contributed by atoms with van der Waals surface area (Å²) in [6.07, 6.45) is 2.62. The number of hydrogen-bond donors (Lipinski definition) is 3. The maximum atomic E-state index is 13.0. The second-order valence-electron chi connectivity index (χ2n) is 7.10. The number of benzene rings is 1. The molecule has 7 nitrogen and oxygen atoms in total. The fraction of sp³-hybridized carbons (Fsp3) is 0.550. The van der Waals surface area contributed by atoms with E-state index in [2.05, 4.69) is 20.9 Å². The number of halogens is 2. The lowest BCUT2D eigenvalue weighted by Gasteiger charge is -2.31. The Morgan fingerprint density at radius 2 is 1.86 bits per heavy atom. The Hall–Kier alpha value is -2.19. The Morgan fingerprint density at radius 1 is 1.14 bits per heavy atom. The maximum absolute atomic E-state index is 13.0. The Balaban J connectivity index is 1.63. The van der Waals surface area contributed by atoms with Gasteiger partial charge in [-0.1, -0.05) is 18.5 Å². The molecule has 1 saturated heterocycles. The van der Waals surface area contributed by atoms with Gasteiger partial charge in [-0.3, -0.25) is 19.3 Å². The smallest absolute Gasteiger partial charge is 0.252 e. The number of rotatable bonds is 9. The minimum Gasteiger partial charge on any atom is -0.355 e. The van der Waals surface area contributed by atoms with E-state index in [-0.39, 0.29) is 41.4 Å². The molecule has 2 rings (SSSR count). The molecule has 1 aromatic carbocycles. The van der Waals surface area contributed by atoms with Crippen LogP contribution < -0.4 is 16.0 Å². The Kier molecular flexibility index (Phi) is 9.34. The minimum atomic E-state index is -0.515. The van der Waals surface area contributed by atoms with Gasteiger partial charge in [-0.05, 0) is 37.5 Å². The molecule has 1 aliphatic heterocycles. The molecule has 160 valence electrons. The number of hydrogen-bond acceptors (Lipinski definition) is 4. The molecule has 9 heteroatoms. The van der Waals surface area contributed by atoms with Crippen molar-refractivity contribution >= 4 is 29.3 Å². The molecule has 0 saturated carbocycles. The SMILES string of the molecule is CCCNC(=O)CN1CCC(NC(=O)CCNC(=O)c2ccc(F)cc2Cl)CC1. The van der Waals surface area contributed by atoms with Crippen molar-refractivity contribution < 1.29 is 18.8 Å². The van der Waals surface area contributed by atoms with Gasteiger partial charge >= 0.3 is 0 Å². The lowest BCUT2D eigenvalue weighted by atomic mass is 10.0. The zero-order valence-electron chi connectivity index (χ0n) is 16.6. The zero-order valence-corrected chi connectivity index (χ0v) is 17.4. The van der Waals surface area contributed by atoms with Crippen molar-refractivity contribution in [1.82, 2.24) is 20.9 Å². The van der Waals surface area contributed by atoms with E-state index in [4.69, 9.17) is 11.6 Å². The van der Waals surface area contributed by atoms with Crippen LogP contribution in [0.1, 0.15) is 43.0 Å². The number of likely N-dealkylation sites (tertiary alicyclic amines) is 1. The van der Waals surface area contributed by atoms with Crippen LogP contribution in [0.2, 0.25) is 5.02 Å². The van der Waals surface area contributed by atoms with E-state index in [1.165, 1.54) is 6.07 Å². The van der Waals surface area contributed by atoms with Crippen LogP contribution in [-0.2, 0) is 9.59 Å². The van der Waals surface area contributed by atoms with Gasteiger partial charge in [-0.25, -0.2) is 4.39 Å². The number of nitrogens with one attached hydrogen (secondary N) is 3. The average Bonchev–Trinajstić information content (AvgIpc) is 2.67. The van der Waals surface area contributed by atoms with Gasteiger partial charge in [-0.2, -0.15) is 0 Å². The molecule has 3 N–H and O–H groups in total. The molecule has 3 amide bonds. The highest BCUT2D eigenvalue weighted by Gasteiger charge is 2.22. The third-order valence-electron chi connectivity index (χ3n) is 4.71. The molecule has 0 spiro atoms. The van der Waals surface area contributed by atoms with Crippen molar-refractivity contribution in [3.8, 4) is 0 Å². The van der Waals surface area contributed by atoms with Crippen molar-refractivity contribution in [2.45, 2.75) is 38.6 Å². The first-order valence-electron chi connectivity index (χ1n) is 9.90. The van der Waals surface area contributed by atoms with Gasteiger partial charge < -0.3 is 16.0 Å². The lowest BCUT2D eigenvalue weighted by molar-refractivity contribution is -0.124. The van der Waals surface area contributed by atoms with Crippen LogP contribution in [0.3, 0.4) is 0 Å². The summed E-state index contributed by atoms with van der Waals surface area (Å²) in [5.41, 5.74) is 0.170. The van der Waals surface area contributed by atoms with Crippen molar-refractivity contribution in [3.63, 3.8) is 0 Å². The Bertz CT molecular complexity index is 724. The van der Waals surface area contributed by atoms with Gasteiger partial charge in [0.2, 0.25) is 11.8 Å². The van der Waals surface area contributed by atoms with Crippen molar-refractivity contribution in [1.29, 1.82) is 0 Å². The maximum Gasteiger partial charge on any atom is 0.252 e. The van der Waals surface area contributed by atoms with Gasteiger partial charge in [0.1, 0.15) is 5.82 Å². The molecule has 0 atom stereocenters. The second kappa shape index (κ2) is 11.7. The van der Waals surface area contributed by atoms with Gasteiger partial charge in [0.25, 0.3) is 5.91 Å². The van der Waals surface area contributed by atoms with E-state index in [0.717, 1.165) is 44.5 Å². The summed E-state index contributed by atoms with van der Waals surface area (Å²) in [7, 11) is 0. The Labute approximate surface area is 175 Å². The predicted molar refractivity (Wildman–Crippen MR) is 109 cm³/mol. The number of amides is 3. The number of carbonyl (C=O) groups excluding carboxylic acids is 3. The first-order chi connectivity index (χ1) is 13.9. The highest BCUT2D eigenvalue weighted by Crippen LogP contribution is 2.17. The average molecular weight is 427 g/mol. The van der Waals surface area contributed by atoms with Crippen LogP contribution >= 0.6 is 11.6 Å². The summed E-state index contributed by atoms with van der Waals surface area (Å²) < 4.78 is 13.0. The Morgan fingerprint density at radius 3 is 2.52 bits per heavy atom. The number of nitrogens with zero attached hydrogens (tertiary/aromatic N) is 1. The van der Waals surface area contributed by atoms with E-state index >= 15 is 0 Å². The molecule has 1 aliphatic rings. The zero-order chi connectivity index (χ0) is 21.2. The normalized spacial score (nSPS) is 15.0. The van der Waals surface area contributed by atoms with Gasteiger partial charge in [0.05, 0.1) is 17.1 Å². The topological polar surface area (TPSA) is 90.5 Å². The second-order valence-corrected chi connectivity index (χ2v) is 7.51. The summed E-state index contributed by atoms with van der Waals surface area (Å²) in [5, 5.41) is 8.47. The fourth-order valence-corrected chi connectivity index (χ4v) is 3.37. The highest BCUT2D eigenvalue weighted by molar-refractivity contribution is 6.33. The van der Waals surface area contributed by atoms with Crippen LogP contribution in [0.4, 0.5) is 4.39 Å². The molecule has 0 radical (unpaired) electrons. The van der Waals surface area contributed by atoms with E-state index in [0.29, 0.717) is 13.1 Å². The molecule has 29 heavy (non-hydrogen) atoms. The van der Waals surface area contributed by atoms with Crippen molar-refractivity contribution in [2.24, 2.45) is 0 Å². The van der Waals surface area contributed by atoms with Gasteiger partial charge in [0.15, 0.2) is 0 Å². The van der Waals surface area contributed by atoms with Crippen LogP contribution in [-0.4, -0.2) is 61.4 Å². The minimum absolute atomic E-state index is 0.0297. The first-order valence-corrected chi connectivity index (χ1v) is 10.3. The van der Waals surface area contributed by atoms with Crippen LogP contribution in [0.15, 0.2) is 18.2 Å². The molecule has 0 bridgehead atoms. The summed E-state index contributed by atoms with van der Waals surface area (Å²) >= 11 is 5.85. The van der Waals surface area contributed by atoms with E-state index in [1.807, 2.05) is 6.92 Å². The third kappa shape index (κ3) is 7.98. The largest absolute Gasteiger partial charge is 0.355 e. The quantitative estimate of drug-likeness (QED) is 0.560. The molecule has 1 fully saturated rings. The van der Waals surface area contributed by atoms with Gasteiger partial charge in [-0.15, -0.1) is 0 Å². The van der Waals surface area contributed by atoms with E-state index in [1.54, 1.807) is 0 Å². The molecule has 1 aromatic rings. The lowest BCUT2D eigenvalue weighted by Crippen LogP contribution is -2.47. The van der Waals surface area contributed by atoms with E-state index in [9.17, 15) is 18.8 Å². The monoisotopic (exact) mass is 426 g/mol. The van der Waals surface area contributed by atoms with E-state index < -0.39 is 11.7 Å². The summed E-state index contributed by atoms with van der Waals surface area (Å²) in [6, 6.07) is 3.61. The fourth-order valence-electron chi connectivity index (χ4n) is 3.12. The molecule has 1 heterocycles. The van der Waals surface area contributed by atoms with Crippen molar-refractivity contribution in [3.05, 3.63) is 34.6 Å². The molecule has 0 aromatic heterocycles.